The van der Waals surface area contributed by atoms with E-state index in [0.717, 1.165) is 11.4 Å². The number of aryl methyl sites for hydroxylation is 2. The lowest BCUT2D eigenvalue weighted by Crippen LogP contribution is -2.09. The fraction of sp³-hybridized carbons (Fsp3) is 0.200. The Morgan fingerprint density at radius 1 is 1.40 bits per heavy atom. The van der Waals surface area contributed by atoms with E-state index in [9.17, 15) is 9.65 Å². The van der Waals surface area contributed by atoms with Gasteiger partial charge in [-0.05, 0) is 31.5 Å². The van der Waals surface area contributed by atoms with Crippen molar-refractivity contribution in [3.8, 4) is 17.5 Å². The largest absolute Gasteiger partial charge is 0.383 e. The van der Waals surface area contributed by atoms with Crippen molar-refractivity contribution in [3.05, 3.63) is 64.5 Å². The van der Waals surface area contributed by atoms with E-state index in [-0.39, 0.29) is 23.0 Å². The zero-order valence-corrected chi connectivity index (χ0v) is 16.7. The molecule has 0 saturated heterocycles. The first kappa shape index (κ1) is 20.6. The highest BCUT2D eigenvalue weighted by Crippen LogP contribution is 2.27. The minimum atomic E-state index is -0.870. The van der Waals surface area contributed by atoms with Crippen LogP contribution >= 0.6 is 0 Å². The minimum Gasteiger partial charge on any atom is -0.383 e. The van der Waals surface area contributed by atoms with Crippen molar-refractivity contribution >= 4 is 11.5 Å². The molecule has 0 aliphatic heterocycles. The number of anilines is 1. The van der Waals surface area contributed by atoms with Crippen LogP contribution < -0.4 is 11.1 Å². The lowest BCUT2D eigenvalue weighted by molar-refractivity contribution is 0.614. The summed E-state index contributed by atoms with van der Waals surface area (Å²) in [6, 6.07) is 9.07. The van der Waals surface area contributed by atoms with Crippen molar-refractivity contribution in [2.75, 3.05) is 5.73 Å². The molecule has 0 aliphatic carbocycles. The lowest BCUT2D eigenvalue weighted by Gasteiger charge is -2.10. The number of nitrogens with two attached hydrogens (primary N) is 1. The highest BCUT2D eigenvalue weighted by molar-refractivity contribution is 5.69. The molecular formula is C20H20FN9. The summed E-state index contributed by atoms with van der Waals surface area (Å²) < 4.78 is 16.4. The van der Waals surface area contributed by atoms with Crippen LogP contribution in [0.2, 0.25) is 0 Å². The number of benzene rings is 1. The summed E-state index contributed by atoms with van der Waals surface area (Å²) in [4.78, 5) is 8.25. The minimum absolute atomic E-state index is 0.0513. The molecule has 0 spiro atoms. The van der Waals surface area contributed by atoms with Crippen molar-refractivity contribution in [2.45, 2.75) is 20.4 Å². The van der Waals surface area contributed by atoms with Crippen LogP contribution in [0, 0.1) is 36.5 Å². The molecule has 0 amide bonds. The summed E-state index contributed by atoms with van der Waals surface area (Å²) in [7, 11) is 1.84. The molecule has 3 aromatic rings. The molecule has 3 rings (SSSR count). The Morgan fingerprint density at radius 2 is 2.17 bits per heavy atom. The molecule has 0 saturated carbocycles. The van der Waals surface area contributed by atoms with Crippen molar-refractivity contribution in [1.82, 2.24) is 25.1 Å². The van der Waals surface area contributed by atoms with Crippen LogP contribution in [0.15, 0.2) is 35.6 Å². The van der Waals surface area contributed by atoms with Crippen LogP contribution in [0.3, 0.4) is 0 Å². The second kappa shape index (κ2) is 8.48. The Kier molecular flexibility index (Phi) is 5.83. The van der Waals surface area contributed by atoms with Gasteiger partial charge in [-0.15, -0.1) is 0 Å². The van der Waals surface area contributed by atoms with Crippen LogP contribution in [0.4, 0.5) is 10.2 Å². The molecule has 0 atom stereocenters. The standard InChI is InChI=1S/C20H20FN9/c1-11-7-14(29-30(11)3)9-25-10-16(28-24)18-17(21)19(23)27-20(26-18)15-6-4-5-13(8-22)12(15)2/h4-7,10,24-25H,9H2,1-3H3,(H2,23,26,27)/b16-10-,28-24?. The highest BCUT2D eigenvalue weighted by atomic mass is 19.1. The molecule has 1 aromatic carbocycles. The zero-order valence-electron chi connectivity index (χ0n) is 16.7. The number of hydrogen-bond donors (Lipinski definition) is 3. The third-order valence-corrected chi connectivity index (χ3v) is 4.62. The molecule has 152 valence electrons. The normalized spacial score (nSPS) is 11.2. The van der Waals surface area contributed by atoms with E-state index < -0.39 is 5.82 Å². The van der Waals surface area contributed by atoms with Crippen LogP contribution in [0.25, 0.3) is 17.1 Å². The average molecular weight is 405 g/mol. The number of nitriles is 1. The van der Waals surface area contributed by atoms with Gasteiger partial charge in [0.15, 0.2) is 17.5 Å². The molecule has 4 N–H and O–H groups in total. The first-order chi connectivity index (χ1) is 14.3. The topological polar surface area (TPSA) is 142 Å². The molecule has 9 nitrogen and oxygen atoms in total. The number of nitrogens with zero attached hydrogens (tertiary/aromatic N) is 6. The van der Waals surface area contributed by atoms with Crippen molar-refractivity contribution < 1.29 is 4.39 Å². The summed E-state index contributed by atoms with van der Waals surface area (Å²) in [5.41, 5.74) is 16.4. The van der Waals surface area contributed by atoms with Crippen LogP contribution in [-0.2, 0) is 13.6 Å². The number of nitrogen functional groups attached to an aromatic ring is 1. The molecule has 0 radical (unpaired) electrons. The van der Waals surface area contributed by atoms with Gasteiger partial charge in [0.1, 0.15) is 11.4 Å². The fourth-order valence-corrected chi connectivity index (χ4v) is 2.88. The number of halogens is 1. The second-order valence-corrected chi connectivity index (χ2v) is 6.61. The third-order valence-electron chi connectivity index (χ3n) is 4.62. The average Bonchev–Trinajstić information content (AvgIpc) is 3.05. The van der Waals surface area contributed by atoms with Gasteiger partial charge in [0, 0.05) is 24.5 Å². The van der Waals surface area contributed by atoms with E-state index >= 15 is 0 Å². The number of rotatable bonds is 6. The summed E-state index contributed by atoms with van der Waals surface area (Å²) >= 11 is 0. The molecule has 0 unspecified atom stereocenters. The zero-order chi connectivity index (χ0) is 21.8. The maximum atomic E-state index is 14.7. The first-order valence-corrected chi connectivity index (χ1v) is 8.99. The molecule has 2 aromatic heterocycles. The van der Waals surface area contributed by atoms with Crippen LogP contribution in [0.1, 0.15) is 28.2 Å². The van der Waals surface area contributed by atoms with Gasteiger partial charge < -0.3 is 11.1 Å². The Bertz CT molecular complexity index is 1170. The third kappa shape index (κ3) is 4.00. The van der Waals surface area contributed by atoms with Gasteiger partial charge in [-0.3, -0.25) is 4.68 Å². The Labute approximate surface area is 172 Å². The monoisotopic (exact) mass is 405 g/mol. The smallest absolute Gasteiger partial charge is 0.193 e. The van der Waals surface area contributed by atoms with E-state index in [4.69, 9.17) is 11.3 Å². The van der Waals surface area contributed by atoms with Gasteiger partial charge in [0.2, 0.25) is 0 Å². The summed E-state index contributed by atoms with van der Waals surface area (Å²) in [5.74, 6) is -1.09. The number of aromatic nitrogens is 4. The van der Waals surface area contributed by atoms with Gasteiger partial charge in [-0.25, -0.2) is 19.9 Å². The molecular weight excluding hydrogens is 385 g/mol. The van der Waals surface area contributed by atoms with Crippen molar-refractivity contribution in [2.24, 2.45) is 12.2 Å². The van der Waals surface area contributed by atoms with E-state index in [1.807, 2.05) is 20.0 Å². The predicted octanol–water partition coefficient (Wildman–Crippen LogP) is 3.21. The maximum absolute atomic E-state index is 14.7. The first-order valence-electron chi connectivity index (χ1n) is 8.99. The van der Waals surface area contributed by atoms with Crippen molar-refractivity contribution in [1.29, 1.82) is 10.8 Å². The molecule has 2 heterocycles. The van der Waals surface area contributed by atoms with E-state index in [2.05, 4.69) is 31.6 Å². The van der Waals surface area contributed by atoms with Crippen LogP contribution in [-0.4, -0.2) is 19.7 Å². The van der Waals surface area contributed by atoms with Gasteiger partial charge in [-0.2, -0.15) is 15.5 Å². The SMILES string of the molecule is Cc1c(C#N)cccc1-c1nc(N)c(F)c(/C(=C/NCc2cc(C)n(C)n2)N=N)n1. The number of nitrogens with one attached hydrogen (secondary N) is 2. The molecule has 10 heteroatoms. The fourth-order valence-electron chi connectivity index (χ4n) is 2.88. The summed E-state index contributed by atoms with van der Waals surface area (Å²) in [6.45, 7) is 4.04. The van der Waals surface area contributed by atoms with Gasteiger partial charge >= 0.3 is 0 Å². The molecule has 0 bridgehead atoms. The van der Waals surface area contributed by atoms with Crippen molar-refractivity contribution in [3.63, 3.8) is 0 Å². The quantitative estimate of drug-likeness (QED) is 0.538. The highest BCUT2D eigenvalue weighted by Gasteiger charge is 2.19. The molecule has 0 aliphatic rings. The number of hydrogen-bond acceptors (Lipinski definition) is 8. The summed E-state index contributed by atoms with van der Waals surface area (Å²) in [6.07, 6.45) is 1.38. The Balaban J connectivity index is 1.97. The second-order valence-electron chi connectivity index (χ2n) is 6.61. The lowest BCUT2D eigenvalue weighted by atomic mass is 10.0. The molecule has 30 heavy (non-hydrogen) atoms. The van der Waals surface area contributed by atoms with E-state index in [0.29, 0.717) is 23.2 Å². The van der Waals surface area contributed by atoms with E-state index in [1.54, 1.807) is 29.8 Å². The van der Waals surface area contributed by atoms with Gasteiger partial charge in [0.05, 0.1) is 23.9 Å². The van der Waals surface area contributed by atoms with Gasteiger partial charge in [0.25, 0.3) is 0 Å². The predicted molar refractivity (Wildman–Crippen MR) is 109 cm³/mol. The van der Waals surface area contributed by atoms with E-state index in [1.165, 1.54) is 6.20 Å². The summed E-state index contributed by atoms with van der Waals surface area (Å²) in [5, 5.41) is 19.9. The van der Waals surface area contributed by atoms with Gasteiger partial charge in [-0.1, -0.05) is 12.1 Å². The molecule has 0 fully saturated rings. The Hall–Kier alpha value is -4.13. The Morgan fingerprint density at radius 3 is 2.80 bits per heavy atom. The maximum Gasteiger partial charge on any atom is 0.193 e. The van der Waals surface area contributed by atoms with Crippen LogP contribution in [0.5, 0.6) is 0 Å².